The highest BCUT2D eigenvalue weighted by atomic mass is 15.2. The Morgan fingerprint density at radius 3 is 0.756 bits per heavy atom. The molecule has 6 heteroatoms. The van der Waals surface area contributed by atoms with Gasteiger partial charge in [0.15, 0.2) is 0 Å². The number of rotatable bonds is 15. The Kier molecular flexibility index (Phi) is 13.4. The second-order valence-corrected chi connectivity index (χ2v) is 20.0. The van der Waals surface area contributed by atoms with Gasteiger partial charge in [-0.3, -0.25) is 0 Å². The average molecular weight is 1010 g/mol. The van der Waals surface area contributed by atoms with E-state index in [1.54, 1.807) is 0 Å². The van der Waals surface area contributed by atoms with Crippen LogP contribution < -0.4 is 29.4 Å². The second-order valence-electron chi connectivity index (χ2n) is 20.0. The normalized spacial score (nSPS) is 12.5. The van der Waals surface area contributed by atoms with Crippen molar-refractivity contribution in [1.82, 2.24) is 0 Å². The van der Waals surface area contributed by atoms with Crippen LogP contribution in [0.5, 0.6) is 0 Å². The van der Waals surface area contributed by atoms with Gasteiger partial charge in [0.2, 0.25) is 0 Å². The molecule has 78 heavy (non-hydrogen) atoms. The number of benzene rings is 11. The van der Waals surface area contributed by atoms with Crippen LogP contribution >= 0.6 is 0 Å². The highest BCUT2D eigenvalue weighted by Gasteiger charge is 2.33. The zero-order chi connectivity index (χ0) is 52.0. The highest BCUT2D eigenvalue weighted by Crippen LogP contribution is 2.53. The molecule has 0 amide bonds. The van der Waals surface area contributed by atoms with Crippen molar-refractivity contribution in [3.8, 4) is 0 Å². The highest BCUT2D eigenvalue weighted by molar-refractivity contribution is 5.94. The molecule has 0 aromatic heterocycles. The van der Waals surface area contributed by atoms with Gasteiger partial charge in [-0.25, -0.2) is 0 Å². The zero-order valence-electron chi connectivity index (χ0n) is 43.6. The quantitative estimate of drug-likeness (QED) is 0.101. The van der Waals surface area contributed by atoms with Gasteiger partial charge in [0.1, 0.15) is 0 Å². The maximum Gasteiger partial charge on any atom is 0.0535 e. The van der Waals surface area contributed by atoms with Gasteiger partial charge in [0.05, 0.1) is 28.4 Å². The number of nitrogens with zero attached hydrogens (tertiary/aromatic N) is 6. The van der Waals surface area contributed by atoms with E-state index in [0.717, 1.165) is 113 Å². The van der Waals surface area contributed by atoms with Crippen LogP contribution in [0.4, 0.5) is 91.0 Å². The molecule has 0 spiro atoms. The van der Waals surface area contributed by atoms with Crippen molar-refractivity contribution in [2.75, 3.05) is 42.5 Å². The van der Waals surface area contributed by atoms with Gasteiger partial charge in [0, 0.05) is 86.8 Å². The zero-order valence-corrected chi connectivity index (χ0v) is 43.6. The second kappa shape index (κ2) is 21.8. The summed E-state index contributed by atoms with van der Waals surface area (Å²) in [7, 11) is 0. The fraction of sp³-hybridized carbons (Fsp3) is 0.0833. The van der Waals surface area contributed by atoms with E-state index in [1.165, 1.54) is 28.2 Å². The summed E-state index contributed by atoms with van der Waals surface area (Å²) in [6.07, 6.45) is 4.26. The van der Waals surface area contributed by atoms with Crippen LogP contribution in [0, 0.1) is 0 Å². The van der Waals surface area contributed by atoms with E-state index >= 15 is 0 Å². The fourth-order valence-corrected chi connectivity index (χ4v) is 11.8. The lowest BCUT2D eigenvalue weighted by molar-refractivity contribution is 0.634. The smallest absolute Gasteiger partial charge is 0.0535 e. The molecule has 2 aliphatic heterocycles. The lowest BCUT2D eigenvalue weighted by Gasteiger charge is -2.42. The SMILES string of the molecule is c1ccc(N(c2ccccc2)c2cc(N(c3ccccc3)c3ccccc3)cc(N(c3ccccc3)c3cccc(N(c4ccccc4)c4cc(N(c5ccccc5)c5ccccc5)c5c6c4CCCN6CCC5)c3)c2)cc1. The Morgan fingerprint density at radius 2 is 0.449 bits per heavy atom. The molecule has 0 fully saturated rings. The van der Waals surface area contributed by atoms with E-state index in [0.29, 0.717) is 0 Å². The van der Waals surface area contributed by atoms with E-state index in [9.17, 15) is 0 Å². The molecule has 6 nitrogen and oxygen atoms in total. The molecule has 0 saturated heterocycles. The molecule has 0 saturated carbocycles. The molecule has 11 aromatic carbocycles. The van der Waals surface area contributed by atoms with E-state index in [-0.39, 0.29) is 0 Å². The largest absolute Gasteiger partial charge is 0.371 e. The number of anilines is 16. The molecule has 0 bridgehead atoms. The summed E-state index contributed by atoms with van der Waals surface area (Å²) < 4.78 is 0. The summed E-state index contributed by atoms with van der Waals surface area (Å²) in [5.41, 5.74) is 20.5. The van der Waals surface area contributed by atoms with E-state index in [1.807, 2.05) is 0 Å². The van der Waals surface area contributed by atoms with Gasteiger partial charge in [-0.05, 0) is 165 Å². The van der Waals surface area contributed by atoms with Gasteiger partial charge in [-0.1, -0.05) is 152 Å². The van der Waals surface area contributed by atoms with Crippen molar-refractivity contribution in [2.24, 2.45) is 0 Å². The molecular formula is C72H60N6. The monoisotopic (exact) mass is 1010 g/mol. The predicted octanol–water partition coefficient (Wildman–Crippen LogP) is 19.7. The molecule has 378 valence electrons. The van der Waals surface area contributed by atoms with Crippen LogP contribution in [0.25, 0.3) is 0 Å². The Balaban J connectivity index is 1.05. The first-order chi connectivity index (χ1) is 38.7. The number of hydrogen-bond donors (Lipinski definition) is 0. The molecular weight excluding hydrogens is 949 g/mol. The molecule has 2 aliphatic rings. The molecule has 0 radical (unpaired) electrons. The van der Waals surface area contributed by atoms with Crippen LogP contribution in [0.15, 0.2) is 291 Å². The molecule has 0 atom stereocenters. The summed E-state index contributed by atoms with van der Waals surface area (Å²) in [6, 6.07) is 105. The Labute approximate surface area is 459 Å². The topological polar surface area (TPSA) is 19.4 Å². The van der Waals surface area contributed by atoms with E-state index in [4.69, 9.17) is 0 Å². The first kappa shape index (κ1) is 47.9. The van der Waals surface area contributed by atoms with Crippen LogP contribution in [0.3, 0.4) is 0 Å². The first-order valence-electron chi connectivity index (χ1n) is 27.3. The van der Waals surface area contributed by atoms with Crippen molar-refractivity contribution in [2.45, 2.75) is 25.7 Å². The van der Waals surface area contributed by atoms with Gasteiger partial charge in [-0.2, -0.15) is 0 Å². The van der Waals surface area contributed by atoms with Crippen LogP contribution in [0.1, 0.15) is 24.0 Å². The third-order valence-electron chi connectivity index (χ3n) is 15.1. The van der Waals surface area contributed by atoms with Gasteiger partial charge < -0.3 is 29.4 Å². The molecule has 0 aliphatic carbocycles. The maximum atomic E-state index is 2.68. The maximum absolute atomic E-state index is 2.68. The van der Waals surface area contributed by atoms with Gasteiger partial charge >= 0.3 is 0 Å². The van der Waals surface area contributed by atoms with Crippen molar-refractivity contribution in [3.05, 3.63) is 302 Å². The third-order valence-corrected chi connectivity index (χ3v) is 15.1. The van der Waals surface area contributed by atoms with Crippen molar-refractivity contribution in [1.29, 1.82) is 0 Å². The predicted molar refractivity (Wildman–Crippen MR) is 329 cm³/mol. The summed E-state index contributed by atoms with van der Waals surface area (Å²) in [5.74, 6) is 0. The third kappa shape index (κ3) is 9.50. The molecule has 0 unspecified atom stereocenters. The average Bonchev–Trinajstić information content (AvgIpc) is 3.61. The standard InChI is InChI=1S/C72H60N6/c1-9-28-55(29-10-1)74(56-30-11-2-12-31-56)65-51-66(75(57-32-13-3-14-33-57)58-34-15-4-16-35-58)53-67(52-65)76(59-36-17-5-18-37-59)63-44-25-45-64(50-63)78(62-42-23-8-24-43-62)71-54-70(68-46-26-48-73-49-27-47-69(71)72(68)73)77(60-38-19-6-20-39-60)61-40-21-7-22-41-61/h1-25,28-45,50-54H,26-27,46-49H2. The van der Waals surface area contributed by atoms with Gasteiger partial charge in [-0.15, -0.1) is 0 Å². The fourth-order valence-electron chi connectivity index (χ4n) is 11.8. The van der Waals surface area contributed by atoms with Crippen LogP contribution in [0.2, 0.25) is 0 Å². The van der Waals surface area contributed by atoms with E-state index < -0.39 is 0 Å². The molecule has 2 heterocycles. The number of hydrogen-bond acceptors (Lipinski definition) is 6. The Bertz CT molecular complexity index is 3530. The van der Waals surface area contributed by atoms with Crippen molar-refractivity contribution < 1.29 is 0 Å². The number of para-hydroxylation sites is 8. The van der Waals surface area contributed by atoms with Crippen LogP contribution in [-0.2, 0) is 12.8 Å². The van der Waals surface area contributed by atoms with Crippen molar-refractivity contribution >= 4 is 91.0 Å². The summed E-state index contributed by atoms with van der Waals surface area (Å²) >= 11 is 0. The molecule has 0 N–H and O–H groups in total. The summed E-state index contributed by atoms with van der Waals surface area (Å²) in [6.45, 7) is 2.12. The lowest BCUT2D eigenvalue weighted by atomic mass is 9.88. The van der Waals surface area contributed by atoms with Crippen LogP contribution in [-0.4, -0.2) is 13.1 Å². The Morgan fingerprint density at radius 1 is 0.218 bits per heavy atom. The minimum Gasteiger partial charge on any atom is -0.371 e. The summed E-state index contributed by atoms with van der Waals surface area (Å²) in [4.78, 5) is 14.9. The lowest BCUT2D eigenvalue weighted by Crippen LogP contribution is -2.36. The van der Waals surface area contributed by atoms with Gasteiger partial charge in [0.25, 0.3) is 0 Å². The molecule has 13 rings (SSSR count). The minimum absolute atomic E-state index is 0.999. The van der Waals surface area contributed by atoms with E-state index in [2.05, 4.69) is 321 Å². The summed E-state index contributed by atoms with van der Waals surface area (Å²) in [5, 5.41) is 0. The first-order valence-corrected chi connectivity index (χ1v) is 27.3. The van der Waals surface area contributed by atoms with Crippen molar-refractivity contribution in [3.63, 3.8) is 0 Å². The Hall–Kier alpha value is -9.78. The molecule has 11 aromatic rings. The minimum atomic E-state index is 0.999.